The molecule has 0 spiro atoms. The van der Waals surface area contributed by atoms with Crippen molar-refractivity contribution >= 4 is 17.5 Å². The van der Waals surface area contributed by atoms with Crippen LogP contribution in [0.25, 0.3) is 0 Å². The molecular weight excluding hydrogens is 226 g/mol. The predicted octanol–water partition coefficient (Wildman–Crippen LogP) is 2.18. The summed E-state index contributed by atoms with van der Waals surface area (Å²) < 4.78 is 5.52. The largest absolute Gasteiger partial charge is 0.378 e. The molecule has 1 saturated carbocycles. The summed E-state index contributed by atoms with van der Waals surface area (Å²) >= 11 is 5.72. The molecule has 1 aliphatic heterocycles. The van der Waals surface area contributed by atoms with Crippen LogP contribution < -0.4 is 0 Å². The average Bonchev–Trinajstić information content (AvgIpc) is 2.99. The normalized spacial score (nSPS) is 24.7. The van der Waals surface area contributed by atoms with Crippen LogP contribution in [0.2, 0.25) is 0 Å². The fourth-order valence-corrected chi connectivity index (χ4v) is 2.47. The van der Waals surface area contributed by atoms with Crippen LogP contribution in [0.3, 0.4) is 0 Å². The first-order valence-electron chi connectivity index (χ1n) is 6.28. The van der Waals surface area contributed by atoms with Gasteiger partial charge in [-0.15, -0.1) is 11.6 Å². The summed E-state index contributed by atoms with van der Waals surface area (Å²) in [7, 11) is 0. The van der Waals surface area contributed by atoms with Crippen molar-refractivity contribution in [3.63, 3.8) is 0 Å². The van der Waals surface area contributed by atoms with Crippen LogP contribution in [-0.4, -0.2) is 42.0 Å². The Labute approximate surface area is 102 Å². The maximum Gasteiger partial charge on any atom is 0.222 e. The molecule has 3 nitrogen and oxygen atoms in total. The molecule has 0 bridgehead atoms. The molecule has 2 aliphatic rings. The van der Waals surface area contributed by atoms with E-state index in [9.17, 15) is 4.79 Å². The SMILES string of the molecule is O=C(CCC1CCCO1)N(CCCl)C1CC1. The molecule has 16 heavy (non-hydrogen) atoms. The summed E-state index contributed by atoms with van der Waals surface area (Å²) in [6.07, 6.45) is 6.40. The lowest BCUT2D eigenvalue weighted by atomic mass is 10.1. The number of nitrogens with zero attached hydrogens (tertiary/aromatic N) is 1. The molecule has 0 aromatic rings. The molecule has 2 fully saturated rings. The Morgan fingerprint density at radius 1 is 1.38 bits per heavy atom. The van der Waals surface area contributed by atoms with Crippen LogP contribution in [-0.2, 0) is 9.53 Å². The smallest absolute Gasteiger partial charge is 0.222 e. The Hall–Kier alpha value is -0.280. The van der Waals surface area contributed by atoms with Crippen LogP contribution in [0.1, 0.15) is 38.5 Å². The molecule has 1 unspecified atom stereocenters. The quantitative estimate of drug-likeness (QED) is 0.672. The molecule has 0 radical (unpaired) electrons. The Bertz CT molecular complexity index is 237. The minimum Gasteiger partial charge on any atom is -0.378 e. The van der Waals surface area contributed by atoms with Crippen LogP contribution >= 0.6 is 11.6 Å². The second-order valence-electron chi connectivity index (χ2n) is 4.68. The number of hydrogen-bond donors (Lipinski definition) is 0. The van der Waals surface area contributed by atoms with Gasteiger partial charge >= 0.3 is 0 Å². The summed E-state index contributed by atoms with van der Waals surface area (Å²) in [6.45, 7) is 1.57. The second-order valence-corrected chi connectivity index (χ2v) is 5.06. The number of carbonyl (C=O) groups is 1. The van der Waals surface area contributed by atoms with Crippen molar-refractivity contribution in [3.05, 3.63) is 0 Å². The van der Waals surface area contributed by atoms with Crippen LogP contribution in [0.15, 0.2) is 0 Å². The van der Waals surface area contributed by atoms with Crippen molar-refractivity contribution in [2.24, 2.45) is 0 Å². The standard InChI is InChI=1S/C12H20ClNO2/c13-7-8-14(10-3-4-10)12(15)6-5-11-2-1-9-16-11/h10-11H,1-9H2. The molecule has 0 aromatic carbocycles. The van der Waals surface area contributed by atoms with Gasteiger partial charge in [0.15, 0.2) is 0 Å². The highest BCUT2D eigenvalue weighted by Gasteiger charge is 2.32. The highest BCUT2D eigenvalue weighted by Crippen LogP contribution is 2.28. The van der Waals surface area contributed by atoms with Crippen molar-refractivity contribution < 1.29 is 9.53 Å². The number of halogens is 1. The van der Waals surface area contributed by atoms with Crippen LogP contribution in [0.5, 0.6) is 0 Å². The highest BCUT2D eigenvalue weighted by atomic mass is 35.5. The fraction of sp³-hybridized carbons (Fsp3) is 0.917. The van der Waals surface area contributed by atoms with Gasteiger partial charge < -0.3 is 9.64 Å². The molecule has 2 rings (SSSR count). The third-order valence-corrected chi connectivity index (χ3v) is 3.51. The van der Waals surface area contributed by atoms with E-state index in [1.54, 1.807) is 0 Å². The Kier molecular flexibility index (Phi) is 4.47. The first-order valence-corrected chi connectivity index (χ1v) is 6.81. The van der Waals surface area contributed by atoms with E-state index in [2.05, 4.69) is 0 Å². The van der Waals surface area contributed by atoms with Gasteiger partial charge in [0.25, 0.3) is 0 Å². The lowest BCUT2D eigenvalue weighted by Crippen LogP contribution is -2.35. The van der Waals surface area contributed by atoms with E-state index in [0.717, 1.165) is 38.7 Å². The maximum absolute atomic E-state index is 12.0. The lowest BCUT2D eigenvalue weighted by molar-refractivity contribution is -0.132. The summed E-state index contributed by atoms with van der Waals surface area (Å²) in [4.78, 5) is 13.9. The summed E-state index contributed by atoms with van der Waals surface area (Å²) in [5.74, 6) is 0.806. The predicted molar refractivity (Wildman–Crippen MR) is 63.7 cm³/mol. The molecule has 4 heteroatoms. The fourth-order valence-electron chi connectivity index (χ4n) is 2.29. The molecule has 92 valence electrons. The first-order chi connectivity index (χ1) is 7.81. The number of hydrogen-bond acceptors (Lipinski definition) is 2. The van der Waals surface area contributed by atoms with Gasteiger partial charge in [-0.05, 0) is 32.1 Å². The van der Waals surface area contributed by atoms with Gasteiger partial charge in [-0.2, -0.15) is 0 Å². The van der Waals surface area contributed by atoms with Crippen molar-refractivity contribution in [1.82, 2.24) is 4.90 Å². The zero-order valence-corrected chi connectivity index (χ0v) is 10.4. The summed E-state index contributed by atoms with van der Waals surface area (Å²) in [5, 5.41) is 0. The van der Waals surface area contributed by atoms with E-state index in [-0.39, 0.29) is 5.91 Å². The monoisotopic (exact) mass is 245 g/mol. The Morgan fingerprint density at radius 2 is 2.19 bits per heavy atom. The molecule has 1 aliphatic carbocycles. The molecule has 1 atom stereocenters. The number of ether oxygens (including phenoxy) is 1. The molecule has 0 N–H and O–H groups in total. The third-order valence-electron chi connectivity index (χ3n) is 3.34. The van der Waals surface area contributed by atoms with Crippen LogP contribution in [0, 0.1) is 0 Å². The molecular formula is C12H20ClNO2. The maximum atomic E-state index is 12.0. The van der Waals surface area contributed by atoms with Gasteiger partial charge in [0.1, 0.15) is 0 Å². The van der Waals surface area contributed by atoms with Gasteiger partial charge in [0.05, 0.1) is 6.10 Å². The van der Waals surface area contributed by atoms with Gasteiger partial charge in [-0.25, -0.2) is 0 Å². The van der Waals surface area contributed by atoms with E-state index in [1.165, 1.54) is 0 Å². The van der Waals surface area contributed by atoms with Gasteiger partial charge in [-0.3, -0.25) is 4.79 Å². The molecule has 1 saturated heterocycles. The van der Waals surface area contributed by atoms with Crippen molar-refractivity contribution in [1.29, 1.82) is 0 Å². The zero-order chi connectivity index (χ0) is 11.4. The van der Waals surface area contributed by atoms with Crippen molar-refractivity contribution in [3.8, 4) is 0 Å². The van der Waals surface area contributed by atoms with Gasteiger partial charge in [-0.1, -0.05) is 0 Å². The zero-order valence-electron chi connectivity index (χ0n) is 9.66. The molecule has 0 aromatic heterocycles. The minimum absolute atomic E-state index is 0.263. The lowest BCUT2D eigenvalue weighted by Gasteiger charge is -2.21. The second kappa shape index (κ2) is 5.87. The molecule has 1 heterocycles. The average molecular weight is 246 g/mol. The number of carbonyl (C=O) groups excluding carboxylic acids is 1. The Balaban J connectivity index is 1.71. The van der Waals surface area contributed by atoms with Gasteiger partial charge in [0.2, 0.25) is 5.91 Å². The van der Waals surface area contributed by atoms with Crippen LogP contribution in [0.4, 0.5) is 0 Å². The minimum atomic E-state index is 0.263. The Morgan fingerprint density at radius 3 is 2.75 bits per heavy atom. The van der Waals surface area contributed by atoms with E-state index >= 15 is 0 Å². The van der Waals surface area contributed by atoms with Gasteiger partial charge in [0, 0.05) is 31.5 Å². The van der Waals surface area contributed by atoms with E-state index in [0.29, 0.717) is 31.0 Å². The first kappa shape index (κ1) is 12.2. The summed E-state index contributed by atoms with van der Waals surface area (Å²) in [5.41, 5.74) is 0. The summed E-state index contributed by atoms with van der Waals surface area (Å²) in [6, 6.07) is 0.482. The van der Waals surface area contributed by atoms with Crippen molar-refractivity contribution in [2.45, 2.75) is 50.7 Å². The number of rotatable bonds is 6. The molecule has 1 amide bonds. The van der Waals surface area contributed by atoms with E-state index < -0.39 is 0 Å². The number of alkyl halides is 1. The van der Waals surface area contributed by atoms with E-state index in [1.807, 2.05) is 4.90 Å². The third kappa shape index (κ3) is 3.36. The topological polar surface area (TPSA) is 29.5 Å². The highest BCUT2D eigenvalue weighted by molar-refractivity contribution is 6.18. The van der Waals surface area contributed by atoms with Crippen molar-refractivity contribution in [2.75, 3.05) is 19.0 Å². The van der Waals surface area contributed by atoms with E-state index in [4.69, 9.17) is 16.3 Å². The number of amides is 1.